The largest absolute Gasteiger partial charge is 0.490 e. The molecule has 0 saturated heterocycles. The first-order chi connectivity index (χ1) is 18.4. The third kappa shape index (κ3) is 8.48. The summed E-state index contributed by atoms with van der Waals surface area (Å²) in [4.78, 5) is 38.7. The molecule has 0 aliphatic heterocycles. The summed E-state index contributed by atoms with van der Waals surface area (Å²) in [5.41, 5.74) is 0.985. The average Bonchev–Trinajstić information content (AvgIpc) is 2.94. The number of hydrogen-bond acceptors (Lipinski definition) is 7. The molecule has 0 amide bonds. The molecule has 0 radical (unpaired) electrons. The van der Waals surface area contributed by atoms with E-state index >= 15 is 0 Å². The van der Waals surface area contributed by atoms with Gasteiger partial charge in [-0.15, -0.1) is 0 Å². The zero-order valence-corrected chi connectivity index (χ0v) is 22.1. The van der Waals surface area contributed by atoms with E-state index in [4.69, 9.17) is 9.47 Å². The summed E-state index contributed by atoms with van der Waals surface area (Å²) < 4.78 is 13.5. The minimum Gasteiger partial charge on any atom is -0.490 e. The maximum absolute atomic E-state index is 12.3. The third-order valence-corrected chi connectivity index (χ3v) is 6.14. The van der Waals surface area contributed by atoms with Crippen LogP contribution in [0.3, 0.4) is 0 Å². The van der Waals surface area contributed by atoms with Crippen molar-refractivity contribution < 1.29 is 14.3 Å². The fraction of sp³-hybridized carbons (Fsp3) is 0.345. The van der Waals surface area contributed by atoms with Gasteiger partial charge in [0.2, 0.25) is 0 Å². The first-order valence-electron chi connectivity index (χ1n) is 12.7. The molecule has 38 heavy (non-hydrogen) atoms. The van der Waals surface area contributed by atoms with Crippen molar-refractivity contribution in [1.29, 1.82) is 0 Å². The molecule has 9 heteroatoms. The molecule has 1 heterocycles. The zero-order chi connectivity index (χ0) is 27.3. The SMILES string of the molecule is C=CCOc1ccc(CCCN(CCNc2cc(=O)n(C)c(=O)n2C)CCOC(=O)c2ccccc2)cc1. The molecule has 0 aliphatic rings. The van der Waals surface area contributed by atoms with Crippen LogP contribution in [0.15, 0.2) is 82.9 Å². The number of nitrogens with one attached hydrogen (secondary N) is 1. The molecule has 202 valence electrons. The number of benzene rings is 2. The number of rotatable bonds is 15. The van der Waals surface area contributed by atoms with Crippen molar-refractivity contribution in [3.05, 3.63) is 105 Å². The van der Waals surface area contributed by atoms with Crippen LogP contribution in [0.5, 0.6) is 5.75 Å². The highest BCUT2D eigenvalue weighted by Gasteiger charge is 2.11. The summed E-state index contributed by atoms with van der Waals surface area (Å²) in [5.74, 6) is 0.927. The fourth-order valence-electron chi connectivity index (χ4n) is 3.92. The Morgan fingerprint density at radius 3 is 2.45 bits per heavy atom. The van der Waals surface area contributed by atoms with Gasteiger partial charge in [0.05, 0.1) is 5.56 Å². The number of aryl methyl sites for hydroxylation is 1. The Morgan fingerprint density at radius 2 is 1.74 bits per heavy atom. The van der Waals surface area contributed by atoms with E-state index in [1.807, 2.05) is 18.2 Å². The highest BCUT2D eigenvalue weighted by atomic mass is 16.5. The summed E-state index contributed by atoms with van der Waals surface area (Å²) in [5, 5.41) is 3.19. The number of aromatic nitrogens is 2. The lowest BCUT2D eigenvalue weighted by Gasteiger charge is -2.23. The second-order valence-electron chi connectivity index (χ2n) is 8.89. The van der Waals surface area contributed by atoms with Gasteiger partial charge in [-0.05, 0) is 49.2 Å². The Balaban J connectivity index is 1.55. The predicted octanol–water partition coefficient (Wildman–Crippen LogP) is 2.85. The second kappa shape index (κ2) is 14.6. The van der Waals surface area contributed by atoms with E-state index in [9.17, 15) is 14.4 Å². The van der Waals surface area contributed by atoms with Crippen molar-refractivity contribution in [3.8, 4) is 5.75 Å². The monoisotopic (exact) mass is 520 g/mol. The van der Waals surface area contributed by atoms with Gasteiger partial charge < -0.3 is 14.8 Å². The van der Waals surface area contributed by atoms with Crippen LogP contribution in [0.2, 0.25) is 0 Å². The van der Waals surface area contributed by atoms with E-state index in [0.29, 0.717) is 37.6 Å². The van der Waals surface area contributed by atoms with Crippen LogP contribution in [0, 0.1) is 0 Å². The van der Waals surface area contributed by atoms with E-state index in [0.717, 1.165) is 29.7 Å². The lowest BCUT2D eigenvalue weighted by molar-refractivity contribution is 0.0463. The number of esters is 1. The van der Waals surface area contributed by atoms with E-state index in [2.05, 4.69) is 28.9 Å². The minimum absolute atomic E-state index is 0.257. The average molecular weight is 521 g/mol. The molecular weight excluding hydrogens is 484 g/mol. The highest BCUT2D eigenvalue weighted by molar-refractivity contribution is 5.89. The lowest BCUT2D eigenvalue weighted by atomic mass is 10.1. The minimum atomic E-state index is -0.384. The van der Waals surface area contributed by atoms with E-state index in [1.54, 1.807) is 37.4 Å². The summed E-state index contributed by atoms with van der Waals surface area (Å²) in [6.07, 6.45) is 3.51. The van der Waals surface area contributed by atoms with Gasteiger partial charge in [0.25, 0.3) is 5.56 Å². The Hall–Kier alpha value is -4.11. The van der Waals surface area contributed by atoms with Crippen molar-refractivity contribution in [3.63, 3.8) is 0 Å². The number of hydrogen-bond donors (Lipinski definition) is 1. The van der Waals surface area contributed by atoms with Gasteiger partial charge in [0, 0.05) is 39.8 Å². The molecule has 0 spiro atoms. The molecule has 9 nitrogen and oxygen atoms in total. The van der Waals surface area contributed by atoms with Crippen LogP contribution in [0.25, 0.3) is 0 Å². The van der Waals surface area contributed by atoms with Gasteiger partial charge in [0.1, 0.15) is 24.8 Å². The van der Waals surface area contributed by atoms with Crippen LogP contribution in [-0.4, -0.2) is 59.4 Å². The van der Waals surface area contributed by atoms with Gasteiger partial charge in [0.15, 0.2) is 0 Å². The molecular formula is C29H36N4O5. The van der Waals surface area contributed by atoms with Crippen LogP contribution in [0.1, 0.15) is 22.3 Å². The second-order valence-corrected chi connectivity index (χ2v) is 8.89. The Bertz CT molecular complexity index is 1300. The number of carbonyl (C=O) groups excluding carboxylic acids is 1. The van der Waals surface area contributed by atoms with Gasteiger partial charge in [-0.25, -0.2) is 9.59 Å². The lowest BCUT2D eigenvalue weighted by Crippen LogP contribution is -2.38. The smallest absolute Gasteiger partial charge is 0.338 e. The first kappa shape index (κ1) is 28.5. The van der Waals surface area contributed by atoms with Crippen molar-refractivity contribution in [1.82, 2.24) is 14.0 Å². The van der Waals surface area contributed by atoms with Crippen molar-refractivity contribution >= 4 is 11.8 Å². The molecule has 1 aromatic heterocycles. The maximum Gasteiger partial charge on any atom is 0.338 e. The number of ether oxygens (including phenoxy) is 2. The Kier molecular flexibility index (Phi) is 10.9. The van der Waals surface area contributed by atoms with Gasteiger partial charge in [-0.1, -0.05) is 43.0 Å². The van der Waals surface area contributed by atoms with Gasteiger partial charge in [-0.3, -0.25) is 18.8 Å². The van der Waals surface area contributed by atoms with Crippen molar-refractivity contribution in [2.75, 3.05) is 44.7 Å². The van der Waals surface area contributed by atoms with Crippen molar-refractivity contribution in [2.24, 2.45) is 14.1 Å². The van der Waals surface area contributed by atoms with Crippen LogP contribution < -0.4 is 21.3 Å². The molecule has 1 N–H and O–H groups in total. The van der Waals surface area contributed by atoms with Crippen LogP contribution >= 0.6 is 0 Å². The van der Waals surface area contributed by atoms with E-state index in [-0.39, 0.29) is 23.8 Å². The topological polar surface area (TPSA) is 94.8 Å². The molecule has 2 aromatic carbocycles. The molecule has 0 saturated carbocycles. The first-order valence-corrected chi connectivity index (χ1v) is 12.7. The molecule has 3 rings (SSSR count). The zero-order valence-electron chi connectivity index (χ0n) is 22.1. The summed E-state index contributed by atoms with van der Waals surface area (Å²) in [7, 11) is 3.08. The summed E-state index contributed by atoms with van der Waals surface area (Å²) >= 11 is 0. The molecule has 0 aliphatic carbocycles. The van der Waals surface area contributed by atoms with E-state index in [1.165, 1.54) is 23.2 Å². The molecule has 0 atom stereocenters. The molecule has 3 aromatic rings. The third-order valence-electron chi connectivity index (χ3n) is 6.14. The van der Waals surface area contributed by atoms with Crippen molar-refractivity contribution in [2.45, 2.75) is 12.8 Å². The summed E-state index contributed by atoms with van der Waals surface area (Å²) in [6, 6.07) is 18.4. The normalized spacial score (nSPS) is 10.8. The van der Waals surface area contributed by atoms with E-state index < -0.39 is 0 Å². The standard InChI is InChI=1S/C29H36N4O5/c1-4-20-37-25-14-12-23(13-15-25)9-8-17-33(19-21-38-28(35)24-10-6-5-7-11-24)18-16-30-26-22-27(34)32(3)29(36)31(26)2/h4-7,10-15,22,30H,1,8-9,16-21H2,2-3H3. The quantitative estimate of drug-likeness (QED) is 0.243. The predicted molar refractivity (Wildman–Crippen MR) is 149 cm³/mol. The van der Waals surface area contributed by atoms with Gasteiger partial charge in [-0.2, -0.15) is 0 Å². The molecule has 0 fully saturated rings. The molecule has 0 bridgehead atoms. The highest BCUT2D eigenvalue weighted by Crippen LogP contribution is 2.14. The fourth-order valence-corrected chi connectivity index (χ4v) is 3.92. The van der Waals surface area contributed by atoms with Gasteiger partial charge >= 0.3 is 11.7 Å². The number of carbonyl (C=O) groups is 1. The number of nitrogens with zero attached hydrogens (tertiary/aromatic N) is 3. The number of anilines is 1. The summed E-state index contributed by atoms with van der Waals surface area (Å²) in [6.45, 7) is 6.89. The van der Waals surface area contributed by atoms with Crippen LogP contribution in [0.4, 0.5) is 5.82 Å². The molecule has 0 unspecified atom stereocenters. The maximum atomic E-state index is 12.3. The Morgan fingerprint density at radius 1 is 1.00 bits per heavy atom. The van der Waals surface area contributed by atoms with Crippen LogP contribution in [-0.2, 0) is 25.3 Å². The Labute approximate surface area is 222 Å².